The summed E-state index contributed by atoms with van der Waals surface area (Å²) in [5.74, 6) is 2.15. The van der Waals surface area contributed by atoms with Crippen LogP contribution >= 0.6 is 11.8 Å². The predicted octanol–water partition coefficient (Wildman–Crippen LogP) is 2.82. The van der Waals surface area contributed by atoms with Gasteiger partial charge < -0.3 is 10.6 Å². The third-order valence-corrected chi connectivity index (χ3v) is 4.15. The van der Waals surface area contributed by atoms with Crippen molar-refractivity contribution < 1.29 is 4.39 Å². The lowest BCUT2D eigenvalue weighted by Crippen LogP contribution is -2.38. The van der Waals surface area contributed by atoms with Crippen molar-refractivity contribution in [2.75, 3.05) is 19.3 Å². The number of aliphatic imine (C=N–C) groups is 1. The van der Waals surface area contributed by atoms with Crippen molar-refractivity contribution in [2.24, 2.45) is 4.99 Å². The molecule has 0 saturated carbocycles. The minimum atomic E-state index is -0.138. The van der Waals surface area contributed by atoms with Gasteiger partial charge in [-0.05, 0) is 23.8 Å². The lowest BCUT2D eigenvalue weighted by Gasteiger charge is -2.11. The van der Waals surface area contributed by atoms with E-state index in [2.05, 4.69) is 20.6 Å². The van der Waals surface area contributed by atoms with Crippen molar-refractivity contribution in [1.82, 2.24) is 15.6 Å². The molecule has 0 spiro atoms. The van der Waals surface area contributed by atoms with Gasteiger partial charge in [-0.15, -0.1) is 0 Å². The molecule has 0 unspecified atom stereocenters. The van der Waals surface area contributed by atoms with Crippen molar-refractivity contribution in [2.45, 2.75) is 12.3 Å². The molecule has 0 aliphatic heterocycles. The minimum absolute atomic E-state index is 0.138. The second kappa shape index (κ2) is 9.84. The van der Waals surface area contributed by atoms with Gasteiger partial charge in [0.25, 0.3) is 0 Å². The van der Waals surface area contributed by atoms with Gasteiger partial charge in [0.05, 0.1) is 12.2 Å². The molecule has 0 aliphatic rings. The van der Waals surface area contributed by atoms with Crippen LogP contribution in [0.1, 0.15) is 11.3 Å². The lowest BCUT2D eigenvalue weighted by molar-refractivity contribution is 0.617. The van der Waals surface area contributed by atoms with E-state index in [4.69, 9.17) is 0 Å². The van der Waals surface area contributed by atoms with Crippen LogP contribution in [-0.2, 0) is 12.3 Å². The molecule has 23 heavy (non-hydrogen) atoms. The third kappa shape index (κ3) is 6.28. The Morgan fingerprint density at radius 3 is 2.74 bits per heavy atom. The molecule has 0 amide bonds. The Hall–Kier alpha value is -2.08. The summed E-state index contributed by atoms with van der Waals surface area (Å²) in [5, 5.41) is 6.45. The van der Waals surface area contributed by atoms with Crippen molar-refractivity contribution in [3.05, 3.63) is 65.7 Å². The normalized spacial score (nSPS) is 11.3. The van der Waals surface area contributed by atoms with E-state index in [1.165, 1.54) is 6.07 Å². The van der Waals surface area contributed by atoms with Gasteiger partial charge in [-0.1, -0.05) is 24.3 Å². The van der Waals surface area contributed by atoms with Crippen LogP contribution in [0.3, 0.4) is 0 Å². The maximum atomic E-state index is 13.5. The highest BCUT2D eigenvalue weighted by molar-refractivity contribution is 7.98. The van der Waals surface area contributed by atoms with Crippen molar-refractivity contribution in [3.63, 3.8) is 0 Å². The fourth-order valence-electron chi connectivity index (χ4n) is 1.94. The number of hydrogen-bond donors (Lipinski definition) is 2. The Bertz CT molecular complexity index is 619. The number of thioether (sulfide) groups is 1. The van der Waals surface area contributed by atoms with Crippen molar-refractivity contribution in [1.29, 1.82) is 0 Å². The first kappa shape index (κ1) is 17.3. The summed E-state index contributed by atoms with van der Waals surface area (Å²) in [7, 11) is 1.74. The molecule has 0 atom stereocenters. The standard InChI is InChI=1S/C17H21FN4S/c1-19-17(22-12-15-7-4-5-9-20-15)21-10-11-23-13-14-6-2-3-8-16(14)18/h2-9H,10-13H2,1H3,(H2,19,21,22). The molecule has 1 heterocycles. The molecular formula is C17H21FN4S. The third-order valence-electron chi connectivity index (χ3n) is 3.14. The van der Waals surface area contributed by atoms with Gasteiger partial charge in [0.1, 0.15) is 5.82 Å². The SMILES string of the molecule is CN=C(NCCSCc1ccccc1F)NCc1ccccn1. The van der Waals surface area contributed by atoms with Gasteiger partial charge in [0.2, 0.25) is 0 Å². The molecule has 2 rings (SSSR count). The Balaban J connectivity index is 1.63. The average Bonchev–Trinajstić information content (AvgIpc) is 2.59. The van der Waals surface area contributed by atoms with E-state index in [-0.39, 0.29) is 5.82 Å². The van der Waals surface area contributed by atoms with Gasteiger partial charge in [0.15, 0.2) is 5.96 Å². The zero-order valence-corrected chi connectivity index (χ0v) is 13.9. The van der Waals surface area contributed by atoms with E-state index < -0.39 is 0 Å². The first-order valence-corrected chi connectivity index (χ1v) is 8.60. The van der Waals surface area contributed by atoms with Crippen LogP contribution in [0.25, 0.3) is 0 Å². The number of nitrogens with one attached hydrogen (secondary N) is 2. The molecular weight excluding hydrogens is 311 g/mol. The van der Waals surface area contributed by atoms with E-state index in [0.29, 0.717) is 12.3 Å². The molecule has 0 aliphatic carbocycles. The van der Waals surface area contributed by atoms with Gasteiger partial charge in [-0.3, -0.25) is 9.98 Å². The molecule has 1 aromatic carbocycles. The maximum Gasteiger partial charge on any atom is 0.191 e. The summed E-state index contributed by atoms with van der Waals surface area (Å²) in [5.41, 5.74) is 1.71. The molecule has 1 aromatic heterocycles. The molecule has 4 nitrogen and oxygen atoms in total. The average molecular weight is 332 g/mol. The highest BCUT2D eigenvalue weighted by atomic mass is 32.2. The summed E-state index contributed by atoms with van der Waals surface area (Å²) >= 11 is 1.69. The molecule has 0 fully saturated rings. The number of rotatable bonds is 7. The minimum Gasteiger partial charge on any atom is -0.356 e. The number of benzene rings is 1. The Morgan fingerprint density at radius 2 is 2.00 bits per heavy atom. The highest BCUT2D eigenvalue weighted by Gasteiger charge is 2.01. The number of nitrogens with zero attached hydrogens (tertiary/aromatic N) is 2. The zero-order valence-electron chi connectivity index (χ0n) is 13.1. The fourth-order valence-corrected chi connectivity index (χ4v) is 2.78. The molecule has 0 bridgehead atoms. The maximum absolute atomic E-state index is 13.5. The van der Waals surface area contributed by atoms with Crippen LogP contribution in [0.15, 0.2) is 53.7 Å². The van der Waals surface area contributed by atoms with E-state index in [1.807, 2.05) is 30.3 Å². The summed E-state index contributed by atoms with van der Waals surface area (Å²) < 4.78 is 13.5. The first-order chi connectivity index (χ1) is 11.3. The molecule has 0 saturated heterocycles. The van der Waals surface area contributed by atoms with Crippen LogP contribution in [0.5, 0.6) is 0 Å². The quantitative estimate of drug-likeness (QED) is 0.465. The highest BCUT2D eigenvalue weighted by Crippen LogP contribution is 2.14. The number of halogens is 1. The second-order valence-electron chi connectivity index (χ2n) is 4.82. The molecule has 2 N–H and O–H groups in total. The number of guanidine groups is 1. The largest absolute Gasteiger partial charge is 0.356 e. The van der Waals surface area contributed by atoms with Crippen molar-refractivity contribution in [3.8, 4) is 0 Å². The smallest absolute Gasteiger partial charge is 0.191 e. The van der Waals surface area contributed by atoms with E-state index in [0.717, 1.165) is 29.5 Å². The van der Waals surface area contributed by atoms with E-state index in [1.54, 1.807) is 31.1 Å². The van der Waals surface area contributed by atoms with Gasteiger partial charge in [-0.2, -0.15) is 11.8 Å². The second-order valence-corrected chi connectivity index (χ2v) is 5.92. The molecule has 6 heteroatoms. The summed E-state index contributed by atoms with van der Waals surface area (Å²) in [6.07, 6.45) is 1.77. The predicted molar refractivity (Wildman–Crippen MR) is 95.0 cm³/mol. The van der Waals surface area contributed by atoms with Crippen LogP contribution in [0.4, 0.5) is 4.39 Å². The van der Waals surface area contributed by atoms with Crippen LogP contribution in [-0.4, -0.2) is 30.3 Å². The molecule has 2 aromatic rings. The topological polar surface area (TPSA) is 49.3 Å². The number of pyridine rings is 1. The summed E-state index contributed by atoms with van der Waals surface area (Å²) in [4.78, 5) is 8.42. The zero-order chi connectivity index (χ0) is 16.3. The van der Waals surface area contributed by atoms with E-state index >= 15 is 0 Å². The van der Waals surface area contributed by atoms with Crippen LogP contribution in [0, 0.1) is 5.82 Å². The molecule has 0 radical (unpaired) electrons. The lowest BCUT2D eigenvalue weighted by atomic mass is 10.2. The van der Waals surface area contributed by atoms with Gasteiger partial charge >= 0.3 is 0 Å². The van der Waals surface area contributed by atoms with Gasteiger partial charge in [-0.25, -0.2) is 4.39 Å². The van der Waals surface area contributed by atoms with E-state index in [9.17, 15) is 4.39 Å². The first-order valence-electron chi connectivity index (χ1n) is 7.45. The van der Waals surface area contributed by atoms with Gasteiger partial charge in [0, 0.05) is 31.3 Å². The molecule has 122 valence electrons. The summed E-state index contributed by atoms with van der Waals surface area (Å²) in [6.45, 7) is 1.39. The Morgan fingerprint density at radius 1 is 1.17 bits per heavy atom. The summed E-state index contributed by atoms with van der Waals surface area (Å²) in [6, 6.07) is 12.7. The monoisotopic (exact) mass is 332 g/mol. The number of hydrogen-bond acceptors (Lipinski definition) is 3. The van der Waals surface area contributed by atoms with Crippen molar-refractivity contribution >= 4 is 17.7 Å². The van der Waals surface area contributed by atoms with Crippen LogP contribution in [0.2, 0.25) is 0 Å². The Labute approximate surface area is 140 Å². The Kier molecular flexibility index (Phi) is 7.39. The number of aromatic nitrogens is 1. The van der Waals surface area contributed by atoms with Crippen LogP contribution < -0.4 is 10.6 Å². The fraction of sp³-hybridized carbons (Fsp3) is 0.294.